The predicted octanol–water partition coefficient (Wildman–Crippen LogP) is 4.63. The van der Waals surface area contributed by atoms with Gasteiger partial charge in [-0.05, 0) is 55.5 Å². The molecule has 1 heterocycles. The largest absolute Gasteiger partial charge is 0.494 e. The maximum atomic E-state index is 12.9. The lowest BCUT2D eigenvalue weighted by Gasteiger charge is -2.21. The molecule has 7 heteroatoms. The quantitative estimate of drug-likeness (QED) is 0.589. The van der Waals surface area contributed by atoms with E-state index in [1.54, 1.807) is 42.5 Å². The van der Waals surface area contributed by atoms with Crippen LogP contribution in [0.1, 0.15) is 13.3 Å². The second kappa shape index (κ2) is 9.87. The molecule has 1 N–H and O–H groups in total. The molecule has 3 aromatic carbocycles. The molecule has 7 nitrogen and oxygen atoms in total. The van der Waals surface area contributed by atoms with Gasteiger partial charge in [0.15, 0.2) is 5.75 Å². The fourth-order valence-electron chi connectivity index (χ4n) is 3.38. The maximum absolute atomic E-state index is 12.9. The monoisotopic (exact) mass is 432 g/mol. The molecule has 32 heavy (non-hydrogen) atoms. The van der Waals surface area contributed by atoms with Gasteiger partial charge in [0.05, 0.1) is 31.0 Å². The number of nitrogens with zero attached hydrogens (tertiary/aromatic N) is 1. The van der Waals surface area contributed by atoms with E-state index in [2.05, 4.69) is 5.32 Å². The van der Waals surface area contributed by atoms with E-state index in [1.807, 2.05) is 37.3 Å². The van der Waals surface area contributed by atoms with Crippen LogP contribution >= 0.6 is 0 Å². The first-order chi connectivity index (χ1) is 15.6. The molecule has 1 aliphatic rings. The molecule has 2 amide bonds. The Balaban J connectivity index is 1.48. The summed E-state index contributed by atoms with van der Waals surface area (Å²) >= 11 is 0. The summed E-state index contributed by atoms with van der Waals surface area (Å²) in [5.74, 6) is 1.96. The lowest BCUT2D eigenvalue weighted by Crippen LogP contribution is -2.37. The minimum absolute atomic E-state index is 0.128. The van der Waals surface area contributed by atoms with Crippen LogP contribution in [0.15, 0.2) is 72.8 Å². The Kier molecular flexibility index (Phi) is 6.55. The second-order valence-electron chi connectivity index (χ2n) is 7.10. The lowest BCUT2D eigenvalue weighted by atomic mass is 10.2. The summed E-state index contributed by atoms with van der Waals surface area (Å²) in [7, 11) is 0. The molecular weight excluding hydrogens is 408 g/mol. The minimum Gasteiger partial charge on any atom is -0.494 e. The van der Waals surface area contributed by atoms with E-state index >= 15 is 0 Å². The number of amides is 2. The highest BCUT2D eigenvalue weighted by atomic mass is 16.5. The zero-order chi connectivity index (χ0) is 22.3. The van der Waals surface area contributed by atoms with E-state index < -0.39 is 0 Å². The average Bonchev–Trinajstić information content (AvgIpc) is 2.95. The van der Waals surface area contributed by atoms with Gasteiger partial charge in [-0.25, -0.2) is 0 Å². The van der Waals surface area contributed by atoms with E-state index in [9.17, 15) is 9.59 Å². The van der Waals surface area contributed by atoms with E-state index in [0.717, 1.165) is 5.75 Å². The summed E-state index contributed by atoms with van der Waals surface area (Å²) < 4.78 is 17.0. The Labute approximate surface area is 186 Å². The molecule has 0 bridgehead atoms. The highest BCUT2D eigenvalue weighted by Crippen LogP contribution is 2.32. The predicted molar refractivity (Wildman–Crippen MR) is 122 cm³/mol. The molecule has 0 atom stereocenters. The third kappa shape index (κ3) is 5.00. The Hall–Kier alpha value is -4.00. The molecule has 0 saturated carbocycles. The van der Waals surface area contributed by atoms with E-state index in [-0.39, 0.29) is 31.4 Å². The van der Waals surface area contributed by atoms with Crippen molar-refractivity contribution in [3.05, 3.63) is 72.8 Å². The summed E-state index contributed by atoms with van der Waals surface area (Å²) in [6.45, 7) is 2.67. The molecule has 1 aliphatic heterocycles. The standard InChI is InChI=1S/C25H24N2O5/c1-2-30-18-11-13-19(14-12-18)32-22-9-5-3-7-20(22)26-24(28)17-27-21-8-4-6-10-23(21)31-16-15-25(27)29/h3-14H,2,15-17H2,1H3,(H,26,28). The number of carbonyl (C=O) groups is 2. The van der Waals surface area contributed by atoms with Crippen LogP contribution < -0.4 is 24.4 Å². The number of nitrogens with one attached hydrogen (secondary N) is 1. The molecule has 0 aliphatic carbocycles. The van der Waals surface area contributed by atoms with Gasteiger partial charge < -0.3 is 19.5 Å². The SMILES string of the molecule is CCOc1ccc(Oc2ccccc2NC(=O)CN2C(=O)CCOc3ccccc32)cc1. The van der Waals surface area contributed by atoms with Crippen molar-refractivity contribution >= 4 is 23.2 Å². The molecule has 0 saturated heterocycles. The number of para-hydroxylation sites is 4. The number of benzene rings is 3. The highest BCUT2D eigenvalue weighted by Gasteiger charge is 2.25. The van der Waals surface area contributed by atoms with Crippen LogP contribution in [-0.4, -0.2) is 31.6 Å². The number of anilines is 2. The van der Waals surface area contributed by atoms with Crippen LogP contribution in [-0.2, 0) is 9.59 Å². The third-order valence-corrected chi connectivity index (χ3v) is 4.86. The molecule has 4 rings (SSSR count). The van der Waals surface area contributed by atoms with Gasteiger partial charge in [-0.2, -0.15) is 0 Å². The zero-order valence-electron chi connectivity index (χ0n) is 17.7. The van der Waals surface area contributed by atoms with Crippen molar-refractivity contribution in [3.8, 4) is 23.0 Å². The molecule has 0 unspecified atom stereocenters. The van der Waals surface area contributed by atoms with Crippen molar-refractivity contribution in [1.29, 1.82) is 0 Å². The fraction of sp³-hybridized carbons (Fsp3) is 0.200. The molecule has 0 fully saturated rings. The zero-order valence-corrected chi connectivity index (χ0v) is 17.7. The molecule has 164 valence electrons. The first kappa shape index (κ1) is 21.2. The smallest absolute Gasteiger partial charge is 0.244 e. The highest BCUT2D eigenvalue weighted by molar-refractivity contribution is 6.04. The van der Waals surface area contributed by atoms with E-state index in [1.165, 1.54) is 4.90 Å². The summed E-state index contributed by atoms with van der Waals surface area (Å²) in [6, 6.07) is 21.6. The van der Waals surface area contributed by atoms with Crippen LogP contribution in [0.2, 0.25) is 0 Å². The second-order valence-corrected chi connectivity index (χ2v) is 7.10. The van der Waals surface area contributed by atoms with Gasteiger partial charge in [-0.1, -0.05) is 24.3 Å². The molecule has 3 aromatic rings. The van der Waals surface area contributed by atoms with Crippen LogP contribution in [0.25, 0.3) is 0 Å². The topological polar surface area (TPSA) is 77.1 Å². The van der Waals surface area contributed by atoms with Crippen molar-refractivity contribution in [2.75, 3.05) is 30.0 Å². The average molecular weight is 432 g/mol. The molecule has 0 spiro atoms. The lowest BCUT2D eigenvalue weighted by molar-refractivity contribution is -0.121. The van der Waals surface area contributed by atoms with Gasteiger partial charge in [0.1, 0.15) is 23.8 Å². The van der Waals surface area contributed by atoms with Gasteiger partial charge in [-0.3, -0.25) is 14.5 Å². The van der Waals surface area contributed by atoms with Gasteiger partial charge in [-0.15, -0.1) is 0 Å². The van der Waals surface area contributed by atoms with Crippen molar-refractivity contribution in [3.63, 3.8) is 0 Å². The number of fused-ring (bicyclic) bond motifs is 1. The molecule has 0 radical (unpaired) electrons. The first-order valence-corrected chi connectivity index (χ1v) is 10.5. The van der Waals surface area contributed by atoms with Crippen molar-refractivity contribution in [1.82, 2.24) is 0 Å². The van der Waals surface area contributed by atoms with Crippen LogP contribution in [0, 0.1) is 0 Å². The maximum Gasteiger partial charge on any atom is 0.244 e. The van der Waals surface area contributed by atoms with Crippen LogP contribution in [0.4, 0.5) is 11.4 Å². The Bertz CT molecular complexity index is 1100. The third-order valence-electron chi connectivity index (χ3n) is 4.86. The van der Waals surface area contributed by atoms with Crippen molar-refractivity contribution in [2.24, 2.45) is 0 Å². The minimum atomic E-state index is -0.335. The van der Waals surface area contributed by atoms with Crippen LogP contribution in [0.5, 0.6) is 23.0 Å². The number of ether oxygens (including phenoxy) is 3. The van der Waals surface area contributed by atoms with Gasteiger partial charge in [0.25, 0.3) is 0 Å². The number of rotatable bonds is 7. The van der Waals surface area contributed by atoms with Crippen molar-refractivity contribution < 1.29 is 23.8 Å². The summed E-state index contributed by atoms with van der Waals surface area (Å²) in [6.07, 6.45) is 0.208. The summed E-state index contributed by atoms with van der Waals surface area (Å²) in [4.78, 5) is 26.9. The summed E-state index contributed by atoms with van der Waals surface area (Å²) in [5, 5.41) is 2.86. The first-order valence-electron chi connectivity index (χ1n) is 10.5. The van der Waals surface area contributed by atoms with E-state index in [0.29, 0.717) is 35.2 Å². The van der Waals surface area contributed by atoms with Gasteiger partial charge >= 0.3 is 0 Å². The number of hydrogen-bond donors (Lipinski definition) is 1. The Morgan fingerprint density at radius 3 is 2.53 bits per heavy atom. The molecule has 0 aromatic heterocycles. The van der Waals surface area contributed by atoms with Gasteiger partial charge in [0, 0.05) is 0 Å². The Morgan fingerprint density at radius 2 is 1.72 bits per heavy atom. The Morgan fingerprint density at radius 1 is 1.00 bits per heavy atom. The van der Waals surface area contributed by atoms with Gasteiger partial charge in [0.2, 0.25) is 11.8 Å². The number of carbonyl (C=O) groups excluding carboxylic acids is 2. The summed E-state index contributed by atoms with van der Waals surface area (Å²) in [5.41, 5.74) is 1.10. The normalized spacial score (nSPS) is 12.9. The molecular formula is C25H24N2O5. The van der Waals surface area contributed by atoms with E-state index in [4.69, 9.17) is 14.2 Å². The number of hydrogen-bond acceptors (Lipinski definition) is 5. The fourth-order valence-corrected chi connectivity index (χ4v) is 3.38. The van der Waals surface area contributed by atoms with Crippen molar-refractivity contribution in [2.45, 2.75) is 13.3 Å². The van der Waals surface area contributed by atoms with Crippen LogP contribution in [0.3, 0.4) is 0 Å².